The van der Waals surface area contributed by atoms with Gasteiger partial charge in [-0.3, -0.25) is 0 Å². The molecule has 1 aliphatic carbocycles. The fraction of sp³-hybridized carbons (Fsp3) is 0.333. The Kier molecular flexibility index (Phi) is 2.91. The minimum atomic E-state index is -1.30. The number of hydrogen-bond donors (Lipinski definition) is 2. The van der Waals surface area contributed by atoms with Gasteiger partial charge in [-0.2, -0.15) is 5.26 Å². The fourth-order valence-corrected chi connectivity index (χ4v) is 1.92. The van der Waals surface area contributed by atoms with Crippen LogP contribution in [0.3, 0.4) is 0 Å². The van der Waals surface area contributed by atoms with E-state index in [1.165, 1.54) is 0 Å². The Hall–Kier alpha value is -2.16. The molecule has 2 N–H and O–H groups in total. The van der Waals surface area contributed by atoms with E-state index in [0.29, 0.717) is 19.3 Å². The Morgan fingerprint density at radius 1 is 1.39 bits per heavy atom. The minimum absolute atomic E-state index is 0.145. The lowest BCUT2D eigenvalue weighted by molar-refractivity contribution is -0.145. The van der Waals surface area contributed by atoms with Crippen LogP contribution in [0.2, 0.25) is 0 Å². The number of hydrogen-bond acceptors (Lipinski definition) is 3. The Labute approximate surface area is 102 Å². The molecule has 6 heteroatoms. The fourth-order valence-electron chi connectivity index (χ4n) is 1.92. The molecule has 1 fully saturated rings. The average Bonchev–Trinajstić information content (AvgIpc) is 2.25. The van der Waals surface area contributed by atoms with E-state index >= 15 is 0 Å². The molecular formula is C12H10F2N2O2. The highest BCUT2D eigenvalue weighted by atomic mass is 19.1. The van der Waals surface area contributed by atoms with Crippen molar-refractivity contribution < 1.29 is 18.7 Å². The smallest absolute Gasteiger partial charge is 0.329 e. The summed E-state index contributed by atoms with van der Waals surface area (Å²) in [6.07, 6.45) is 1.33. The lowest BCUT2D eigenvalue weighted by Gasteiger charge is -2.39. The maximum atomic E-state index is 13.6. The summed E-state index contributed by atoms with van der Waals surface area (Å²) >= 11 is 0. The normalized spacial score (nSPS) is 16.5. The van der Waals surface area contributed by atoms with Crippen molar-refractivity contribution in [1.29, 1.82) is 5.26 Å². The van der Waals surface area contributed by atoms with Crippen molar-refractivity contribution in [3.63, 3.8) is 0 Å². The molecule has 1 aromatic rings. The lowest BCUT2D eigenvalue weighted by Crippen LogP contribution is -2.52. The molecule has 0 amide bonds. The molecule has 1 aliphatic rings. The Morgan fingerprint density at radius 3 is 2.28 bits per heavy atom. The first-order valence-corrected chi connectivity index (χ1v) is 5.39. The summed E-state index contributed by atoms with van der Waals surface area (Å²) in [6.45, 7) is 0. The number of carboxylic acids is 1. The first-order chi connectivity index (χ1) is 8.48. The lowest BCUT2D eigenvalue weighted by atomic mass is 9.76. The molecule has 0 atom stereocenters. The predicted octanol–water partition coefficient (Wildman–Crippen LogP) is 2.26. The van der Waals surface area contributed by atoms with Crippen LogP contribution in [0.25, 0.3) is 0 Å². The highest BCUT2D eigenvalue weighted by Crippen LogP contribution is 2.37. The summed E-state index contributed by atoms with van der Waals surface area (Å²) in [4.78, 5) is 11.1. The van der Waals surface area contributed by atoms with Crippen molar-refractivity contribution in [3.8, 4) is 6.07 Å². The number of rotatable bonds is 3. The second kappa shape index (κ2) is 4.26. The number of benzene rings is 1. The third kappa shape index (κ3) is 1.88. The van der Waals surface area contributed by atoms with Crippen LogP contribution in [-0.4, -0.2) is 16.6 Å². The standard InChI is InChI=1S/C12H10F2N2O2/c13-8-4-7(6-15)5-9(14)10(8)16-12(11(17)18)2-1-3-12/h4-5,16H,1-3H2,(H,17,18). The topological polar surface area (TPSA) is 73.1 Å². The minimum Gasteiger partial charge on any atom is -0.480 e. The highest BCUT2D eigenvalue weighted by molar-refractivity contribution is 5.84. The molecule has 1 saturated carbocycles. The van der Waals surface area contributed by atoms with Gasteiger partial charge in [0.2, 0.25) is 0 Å². The third-order valence-corrected chi connectivity index (χ3v) is 3.15. The van der Waals surface area contributed by atoms with Crippen molar-refractivity contribution in [2.75, 3.05) is 5.32 Å². The molecule has 0 heterocycles. The van der Waals surface area contributed by atoms with E-state index in [9.17, 15) is 13.6 Å². The number of nitriles is 1. The van der Waals surface area contributed by atoms with E-state index in [2.05, 4.69) is 5.32 Å². The number of carboxylic acid groups (broad SMARTS) is 1. The second-order valence-electron chi connectivity index (χ2n) is 4.29. The summed E-state index contributed by atoms with van der Waals surface area (Å²) in [5.74, 6) is -3.05. The number of halogens is 2. The zero-order valence-electron chi connectivity index (χ0n) is 9.33. The molecule has 18 heavy (non-hydrogen) atoms. The maximum Gasteiger partial charge on any atom is 0.329 e. The summed E-state index contributed by atoms with van der Waals surface area (Å²) in [5, 5.41) is 20.0. The molecule has 0 radical (unpaired) electrons. The van der Waals surface area contributed by atoms with Crippen molar-refractivity contribution >= 4 is 11.7 Å². The molecule has 0 spiro atoms. The third-order valence-electron chi connectivity index (χ3n) is 3.15. The second-order valence-corrected chi connectivity index (χ2v) is 4.29. The van der Waals surface area contributed by atoms with E-state index in [-0.39, 0.29) is 5.56 Å². The first-order valence-electron chi connectivity index (χ1n) is 5.39. The molecule has 0 aliphatic heterocycles. The molecular weight excluding hydrogens is 242 g/mol. The van der Waals surface area contributed by atoms with Crippen molar-refractivity contribution in [3.05, 3.63) is 29.3 Å². The molecule has 4 nitrogen and oxygen atoms in total. The van der Waals surface area contributed by atoms with Gasteiger partial charge >= 0.3 is 5.97 Å². The zero-order chi connectivity index (χ0) is 13.3. The molecule has 0 bridgehead atoms. The van der Waals surface area contributed by atoms with Crippen molar-refractivity contribution in [2.45, 2.75) is 24.8 Å². The van der Waals surface area contributed by atoms with Gasteiger partial charge in [0, 0.05) is 0 Å². The van der Waals surface area contributed by atoms with E-state index < -0.39 is 28.8 Å². The van der Waals surface area contributed by atoms with Gasteiger partial charge in [-0.1, -0.05) is 0 Å². The average molecular weight is 252 g/mol. The summed E-state index contributed by atoms with van der Waals surface area (Å²) < 4.78 is 27.2. The van der Waals surface area contributed by atoms with E-state index in [4.69, 9.17) is 10.4 Å². The predicted molar refractivity (Wildman–Crippen MR) is 58.9 cm³/mol. The van der Waals surface area contributed by atoms with Gasteiger partial charge in [-0.15, -0.1) is 0 Å². The summed E-state index contributed by atoms with van der Waals surface area (Å²) in [5.41, 5.74) is -1.93. The summed E-state index contributed by atoms with van der Waals surface area (Å²) in [6, 6.07) is 3.37. The van der Waals surface area contributed by atoms with Crippen LogP contribution < -0.4 is 5.32 Å². The van der Waals surface area contributed by atoms with E-state index in [0.717, 1.165) is 12.1 Å². The maximum absolute atomic E-state index is 13.6. The monoisotopic (exact) mass is 252 g/mol. The van der Waals surface area contributed by atoms with E-state index in [1.54, 1.807) is 6.07 Å². The van der Waals surface area contributed by atoms with Gasteiger partial charge in [0.15, 0.2) is 11.6 Å². The van der Waals surface area contributed by atoms with Gasteiger partial charge in [0.25, 0.3) is 0 Å². The van der Waals surface area contributed by atoms with Gasteiger partial charge in [0.05, 0.1) is 11.6 Å². The largest absolute Gasteiger partial charge is 0.480 e. The number of nitrogens with zero attached hydrogens (tertiary/aromatic N) is 1. The molecule has 0 saturated heterocycles. The Balaban J connectivity index is 2.35. The van der Waals surface area contributed by atoms with Crippen LogP contribution in [0.15, 0.2) is 12.1 Å². The highest BCUT2D eigenvalue weighted by Gasteiger charge is 2.45. The molecule has 94 valence electrons. The van der Waals surface area contributed by atoms with Gasteiger partial charge < -0.3 is 10.4 Å². The van der Waals surface area contributed by atoms with Crippen molar-refractivity contribution in [1.82, 2.24) is 0 Å². The number of aliphatic carboxylic acids is 1. The van der Waals surface area contributed by atoms with Crippen LogP contribution in [0.5, 0.6) is 0 Å². The molecule has 0 aromatic heterocycles. The molecule has 2 rings (SSSR count). The SMILES string of the molecule is N#Cc1cc(F)c(NC2(C(=O)O)CCC2)c(F)c1. The number of anilines is 1. The first kappa shape index (κ1) is 12.3. The van der Waals surface area contributed by atoms with Crippen LogP contribution in [0, 0.1) is 23.0 Å². The Bertz CT molecular complexity index is 524. The summed E-state index contributed by atoms with van der Waals surface area (Å²) in [7, 11) is 0. The van der Waals surface area contributed by atoms with E-state index in [1.807, 2.05) is 0 Å². The van der Waals surface area contributed by atoms with Gasteiger partial charge in [0.1, 0.15) is 11.2 Å². The van der Waals surface area contributed by atoms with Crippen LogP contribution in [-0.2, 0) is 4.79 Å². The number of carbonyl (C=O) groups is 1. The van der Waals surface area contributed by atoms with Gasteiger partial charge in [-0.05, 0) is 31.4 Å². The van der Waals surface area contributed by atoms with Crippen molar-refractivity contribution in [2.24, 2.45) is 0 Å². The zero-order valence-corrected chi connectivity index (χ0v) is 9.33. The van der Waals surface area contributed by atoms with Crippen LogP contribution in [0.1, 0.15) is 24.8 Å². The molecule has 1 aromatic carbocycles. The van der Waals surface area contributed by atoms with Crippen LogP contribution in [0.4, 0.5) is 14.5 Å². The quantitative estimate of drug-likeness (QED) is 0.865. The van der Waals surface area contributed by atoms with Gasteiger partial charge in [-0.25, -0.2) is 13.6 Å². The Morgan fingerprint density at radius 2 is 1.94 bits per heavy atom. The number of nitrogens with one attached hydrogen (secondary N) is 1. The van der Waals surface area contributed by atoms with Crippen LogP contribution >= 0.6 is 0 Å². The molecule has 0 unspecified atom stereocenters.